The molecule has 0 aromatic heterocycles. The average molecular weight is 321 g/mol. The summed E-state index contributed by atoms with van der Waals surface area (Å²) >= 11 is 0. The van der Waals surface area contributed by atoms with Gasteiger partial charge in [-0.05, 0) is 36.2 Å². The number of cyclic esters (lactones) is 1. The van der Waals surface area contributed by atoms with E-state index in [2.05, 4.69) is 4.99 Å². The number of esters is 2. The molecule has 2 aliphatic rings. The predicted molar refractivity (Wildman–Crippen MR) is 86.9 cm³/mol. The highest BCUT2D eigenvalue weighted by Crippen LogP contribution is 2.57. The van der Waals surface area contributed by atoms with Crippen LogP contribution in [-0.4, -0.2) is 23.4 Å². The fraction of sp³-hybridized carbons (Fsp3) is 0.211. The number of hydrogen-bond donors (Lipinski definition) is 0. The molecule has 5 heteroatoms. The van der Waals surface area contributed by atoms with Crippen molar-refractivity contribution in [3.05, 3.63) is 65.7 Å². The summed E-state index contributed by atoms with van der Waals surface area (Å²) in [6.07, 6.45) is 0.634. The van der Waals surface area contributed by atoms with E-state index in [4.69, 9.17) is 9.47 Å². The normalized spacial score (nSPS) is 24.5. The van der Waals surface area contributed by atoms with E-state index >= 15 is 0 Å². The number of ether oxygens (including phenoxy) is 2. The molecule has 0 amide bonds. The summed E-state index contributed by atoms with van der Waals surface area (Å²) in [4.78, 5) is 27.9. The van der Waals surface area contributed by atoms with Crippen molar-refractivity contribution in [3.63, 3.8) is 0 Å². The maximum Gasteiger partial charge on any atom is 0.341 e. The number of carbonyl (C=O) groups is 2. The molecule has 1 heterocycles. The number of rotatable bonds is 3. The van der Waals surface area contributed by atoms with Gasteiger partial charge in [0.2, 0.25) is 5.90 Å². The van der Waals surface area contributed by atoms with Crippen LogP contribution in [0.2, 0.25) is 0 Å². The van der Waals surface area contributed by atoms with Crippen molar-refractivity contribution in [1.29, 1.82) is 0 Å². The molecule has 2 aromatic carbocycles. The molecule has 4 rings (SSSR count). The molecule has 0 saturated heterocycles. The lowest BCUT2D eigenvalue weighted by Crippen LogP contribution is -2.18. The summed E-state index contributed by atoms with van der Waals surface area (Å²) in [6.45, 7) is 1.36. The first-order valence-corrected chi connectivity index (χ1v) is 7.74. The molecule has 1 spiro atoms. The summed E-state index contributed by atoms with van der Waals surface area (Å²) in [6, 6.07) is 16.6. The third-order valence-corrected chi connectivity index (χ3v) is 4.34. The van der Waals surface area contributed by atoms with Crippen LogP contribution in [0.15, 0.2) is 59.6 Å². The molecule has 120 valence electrons. The molecule has 1 aliphatic heterocycles. The number of aliphatic imine (C=N–C) groups is 1. The van der Waals surface area contributed by atoms with Gasteiger partial charge in [0.15, 0.2) is 5.54 Å². The maximum absolute atomic E-state index is 12.3. The third kappa shape index (κ3) is 2.38. The lowest BCUT2D eigenvalue weighted by Gasteiger charge is -2.05. The highest BCUT2D eigenvalue weighted by atomic mass is 16.6. The minimum atomic E-state index is -0.797. The smallest absolute Gasteiger partial charge is 0.341 e. The minimum Gasteiger partial charge on any atom is -0.427 e. The second-order valence-corrected chi connectivity index (χ2v) is 6.02. The molecular formula is C19H15NO4. The number of nitrogens with zero attached hydrogens (tertiary/aromatic N) is 1. The Bertz CT molecular complexity index is 841. The Morgan fingerprint density at radius 3 is 2.54 bits per heavy atom. The topological polar surface area (TPSA) is 65.0 Å². The van der Waals surface area contributed by atoms with Crippen molar-refractivity contribution in [2.45, 2.75) is 24.8 Å². The van der Waals surface area contributed by atoms with Gasteiger partial charge < -0.3 is 9.47 Å². The van der Waals surface area contributed by atoms with Gasteiger partial charge >= 0.3 is 11.9 Å². The van der Waals surface area contributed by atoms with Gasteiger partial charge in [0.05, 0.1) is 0 Å². The molecule has 5 nitrogen and oxygen atoms in total. The standard InChI is InChI=1S/C19H15NO4/c1-12(21)23-15-9-7-13(8-10-15)16-11-19(16)18(22)24-17(20-19)14-5-3-2-4-6-14/h2-10,16H,11H2,1H3/t16-,19+/m0/s1. The van der Waals surface area contributed by atoms with E-state index < -0.39 is 5.54 Å². The van der Waals surface area contributed by atoms with Crippen molar-refractivity contribution >= 4 is 17.8 Å². The van der Waals surface area contributed by atoms with Crippen molar-refractivity contribution in [3.8, 4) is 5.75 Å². The van der Waals surface area contributed by atoms with E-state index in [-0.39, 0.29) is 17.9 Å². The average Bonchev–Trinajstić information content (AvgIpc) is 3.21. The van der Waals surface area contributed by atoms with Gasteiger partial charge in [-0.2, -0.15) is 0 Å². The zero-order chi connectivity index (χ0) is 16.7. The number of benzene rings is 2. The first-order valence-electron chi connectivity index (χ1n) is 7.74. The van der Waals surface area contributed by atoms with E-state index in [1.54, 1.807) is 12.1 Å². The van der Waals surface area contributed by atoms with Crippen molar-refractivity contribution in [2.75, 3.05) is 0 Å². The molecule has 0 N–H and O–H groups in total. The summed E-state index contributed by atoms with van der Waals surface area (Å²) in [5.74, 6) is 0.221. The van der Waals surface area contributed by atoms with Gasteiger partial charge in [0.25, 0.3) is 0 Å². The summed E-state index contributed by atoms with van der Waals surface area (Å²) in [5.41, 5.74) is 0.994. The van der Waals surface area contributed by atoms with E-state index in [1.807, 2.05) is 42.5 Å². The highest BCUT2D eigenvalue weighted by molar-refractivity contribution is 6.10. The zero-order valence-electron chi connectivity index (χ0n) is 13.1. The van der Waals surface area contributed by atoms with Crippen molar-refractivity contribution in [1.82, 2.24) is 0 Å². The fourth-order valence-corrected chi connectivity index (χ4v) is 3.06. The second-order valence-electron chi connectivity index (χ2n) is 6.02. The molecule has 0 bridgehead atoms. The lowest BCUT2D eigenvalue weighted by atomic mass is 10.1. The Balaban J connectivity index is 1.57. The molecule has 1 aliphatic carbocycles. The summed E-state index contributed by atoms with van der Waals surface area (Å²) < 4.78 is 10.4. The van der Waals surface area contributed by atoms with Crippen LogP contribution in [0.5, 0.6) is 5.75 Å². The van der Waals surface area contributed by atoms with Crippen LogP contribution < -0.4 is 4.74 Å². The summed E-state index contributed by atoms with van der Waals surface area (Å²) in [5, 5.41) is 0. The number of carbonyl (C=O) groups excluding carboxylic acids is 2. The van der Waals surface area contributed by atoms with E-state index in [0.29, 0.717) is 18.1 Å². The van der Waals surface area contributed by atoms with Gasteiger partial charge in [-0.25, -0.2) is 9.79 Å². The predicted octanol–water partition coefficient (Wildman–Crippen LogP) is 2.84. The molecular weight excluding hydrogens is 306 g/mol. The fourth-order valence-electron chi connectivity index (χ4n) is 3.06. The van der Waals surface area contributed by atoms with Gasteiger partial charge in [-0.3, -0.25) is 4.79 Å². The molecule has 1 saturated carbocycles. The van der Waals surface area contributed by atoms with Crippen LogP contribution in [0.4, 0.5) is 0 Å². The molecule has 2 atom stereocenters. The van der Waals surface area contributed by atoms with Crippen LogP contribution in [0.25, 0.3) is 0 Å². The van der Waals surface area contributed by atoms with E-state index in [0.717, 1.165) is 11.1 Å². The molecule has 0 radical (unpaired) electrons. The van der Waals surface area contributed by atoms with E-state index in [9.17, 15) is 9.59 Å². The monoisotopic (exact) mass is 321 g/mol. The molecule has 0 unspecified atom stereocenters. The van der Waals surface area contributed by atoms with Gasteiger partial charge in [-0.1, -0.05) is 30.3 Å². The maximum atomic E-state index is 12.3. The summed E-state index contributed by atoms with van der Waals surface area (Å²) in [7, 11) is 0. The van der Waals surface area contributed by atoms with Crippen molar-refractivity contribution < 1.29 is 19.1 Å². The molecule has 2 aromatic rings. The second kappa shape index (κ2) is 5.30. The molecule has 24 heavy (non-hydrogen) atoms. The third-order valence-electron chi connectivity index (χ3n) is 4.34. The first kappa shape index (κ1) is 14.6. The van der Waals surface area contributed by atoms with Crippen LogP contribution in [0, 0.1) is 0 Å². The zero-order valence-corrected chi connectivity index (χ0v) is 13.1. The van der Waals surface area contributed by atoms with Crippen molar-refractivity contribution in [2.24, 2.45) is 4.99 Å². The SMILES string of the molecule is CC(=O)Oc1ccc([C@@H]2C[C@@]23N=C(c2ccccc2)OC3=O)cc1. The van der Waals surface area contributed by atoms with Crippen LogP contribution in [0.1, 0.15) is 30.4 Å². The quantitative estimate of drug-likeness (QED) is 0.644. The largest absolute Gasteiger partial charge is 0.427 e. The Hall–Kier alpha value is -2.95. The molecule has 1 fully saturated rings. The Kier molecular flexibility index (Phi) is 3.23. The van der Waals surface area contributed by atoms with Gasteiger partial charge in [0.1, 0.15) is 5.75 Å². The van der Waals surface area contributed by atoms with Gasteiger partial charge in [-0.15, -0.1) is 0 Å². The van der Waals surface area contributed by atoms with Gasteiger partial charge in [0, 0.05) is 18.4 Å². The Morgan fingerprint density at radius 1 is 1.17 bits per heavy atom. The Morgan fingerprint density at radius 2 is 1.88 bits per heavy atom. The van der Waals surface area contributed by atoms with E-state index in [1.165, 1.54) is 6.92 Å². The highest BCUT2D eigenvalue weighted by Gasteiger charge is 2.65. The van der Waals surface area contributed by atoms with Crippen LogP contribution >= 0.6 is 0 Å². The lowest BCUT2D eigenvalue weighted by molar-refractivity contribution is -0.136. The van der Waals surface area contributed by atoms with Crippen LogP contribution in [0.3, 0.4) is 0 Å². The Labute approximate surface area is 138 Å². The minimum absolute atomic E-state index is 0.00223. The van der Waals surface area contributed by atoms with Crippen LogP contribution in [-0.2, 0) is 14.3 Å². The first-order chi connectivity index (χ1) is 11.6. The number of hydrogen-bond acceptors (Lipinski definition) is 5.